The van der Waals surface area contributed by atoms with Gasteiger partial charge in [0.2, 0.25) is 5.91 Å². The lowest BCUT2D eigenvalue weighted by molar-refractivity contribution is -0.135. The van der Waals surface area contributed by atoms with Crippen molar-refractivity contribution in [1.82, 2.24) is 25.3 Å². The van der Waals surface area contributed by atoms with Crippen LogP contribution in [0.15, 0.2) is 91.2 Å². The first-order valence-electron chi connectivity index (χ1n) is 26.9. The number of likely N-dealkylation sites (tertiary alicyclic amines) is 1. The fraction of sp³-hybridized carbons (Fsp3) is 0.569. The number of hydrogen-bond acceptors (Lipinski definition) is 10. The van der Waals surface area contributed by atoms with E-state index in [4.69, 9.17) is 32.5 Å². The second-order valence-corrected chi connectivity index (χ2v) is 21.4. The minimum Gasteiger partial charge on any atom is -0.484 e. The summed E-state index contributed by atoms with van der Waals surface area (Å²) in [5, 5.41) is 16.5. The predicted octanol–water partition coefficient (Wildman–Crippen LogP) is 7.90. The van der Waals surface area contributed by atoms with Crippen molar-refractivity contribution in [2.24, 2.45) is 23.3 Å². The molecule has 6 atom stereocenters. The topological polar surface area (TPSA) is 179 Å². The third-order valence-corrected chi connectivity index (χ3v) is 15.5. The molecule has 4 amide bonds. The lowest BCUT2D eigenvalue weighted by Gasteiger charge is -2.38. The van der Waals surface area contributed by atoms with Crippen LogP contribution in [-0.2, 0) is 14.3 Å². The number of rotatable bonds is 15. The van der Waals surface area contributed by atoms with Gasteiger partial charge in [0, 0.05) is 106 Å². The quantitative estimate of drug-likeness (QED) is 0.0941. The Labute approximate surface area is 445 Å². The van der Waals surface area contributed by atoms with Gasteiger partial charge in [-0.3, -0.25) is 24.3 Å². The molecule has 3 aromatic carbocycles. The molecule has 1 saturated carbocycles. The third-order valence-electron chi connectivity index (χ3n) is 15.2. The normalized spacial score (nSPS) is 23.0. The van der Waals surface area contributed by atoms with E-state index in [1.807, 2.05) is 93.3 Å². The first kappa shape index (κ1) is 58.4. The van der Waals surface area contributed by atoms with Crippen molar-refractivity contribution in [1.29, 1.82) is 0 Å². The fourth-order valence-corrected chi connectivity index (χ4v) is 10.9. The highest BCUT2D eigenvalue weighted by atomic mass is 35.5. The van der Waals surface area contributed by atoms with Gasteiger partial charge in [0.15, 0.2) is 6.61 Å². The molecule has 3 heterocycles. The number of anilines is 1. The molecular weight excluding hydrogens is 959 g/mol. The van der Waals surface area contributed by atoms with Crippen LogP contribution in [-0.4, -0.2) is 147 Å². The van der Waals surface area contributed by atoms with E-state index in [2.05, 4.69) is 27.0 Å². The number of amides is 4. The van der Waals surface area contributed by atoms with Gasteiger partial charge in [-0.25, -0.2) is 9.18 Å². The van der Waals surface area contributed by atoms with Crippen molar-refractivity contribution in [3.05, 3.63) is 118 Å². The molecule has 0 bridgehead atoms. The second kappa shape index (κ2) is 28.9. The van der Waals surface area contributed by atoms with Crippen LogP contribution in [0, 0.1) is 18.8 Å². The summed E-state index contributed by atoms with van der Waals surface area (Å²) in [5.74, 6) is 0.535. The summed E-state index contributed by atoms with van der Waals surface area (Å²) >= 11 is 6.46. The number of alkyl halides is 1. The van der Waals surface area contributed by atoms with Crippen LogP contribution in [0.2, 0.25) is 5.02 Å². The van der Waals surface area contributed by atoms with E-state index in [1.54, 1.807) is 24.2 Å². The van der Waals surface area contributed by atoms with Crippen molar-refractivity contribution in [3.8, 4) is 5.75 Å². The Bertz CT molecular complexity index is 2300. The van der Waals surface area contributed by atoms with Gasteiger partial charge in [0.25, 0.3) is 5.91 Å². The highest BCUT2D eigenvalue weighted by Gasteiger charge is 2.40. The molecule has 8 rings (SSSR count). The lowest BCUT2D eigenvalue weighted by atomic mass is 9.73. The maximum absolute atomic E-state index is 15.0. The molecule has 74 heavy (non-hydrogen) atoms. The number of aliphatic hydroxyl groups is 1. The van der Waals surface area contributed by atoms with E-state index >= 15 is 4.39 Å². The second-order valence-electron chi connectivity index (χ2n) is 21.0. The van der Waals surface area contributed by atoms with Crippen molar-refractivity contribution in [3.63, 3.8) is 0 Å². The van der Waals surface area contributed by atoms with Crippen LogP contribution in [0.1, 0.15) is 106 Å². The van der Waals surface area contributed by atoms with Crippen LogP contribution in [0.5, 0.6) is 5.75 Å². The number of piperidine rings is 1. The molecule has 406 valence electrons. The minimum atomic E-state index is -1.47. The number of ether oxygens (including phenoxy) is 2. The molecular formula is C58H84ClFN8O6. The minimum absolute atomic E-state index is 0.0106. The van der Waals surface area contributed by atoms with Crippen molar-refractivity contribution in [2.75, 3.05) is 84.1 Å². The Kier molecular flexibility index (Phi) is 22.8. The molecule has 14 nitrogen and oxygen atoms in total. The SMILES string of the molecule is C=C1CCN(c2cc(OCC(=O)N3CCN(CC4CCN(CC(=O)NC5CCCCC5)CC4)CC3)ccc2C)C(=O)N1.COC(C)C.C[C@H](N)C1C=CC(O)C(F)C1c1cc(C(CN)c2ccccc2)ccc1Cl. The number of carbonyl (C=O) groups excluding carboxylic acids is 3. The van der Waals surface area contributed by atoms with Gasteiger partial charge in [-0.05, 0) is 107 Å². The number of nitrogens with two attached hydrogens (primary N) is 2. The molecule has 3 aromatic rings. The van der Waals surface area contributed by atoms with Crippen LogP contribution in [0.3, 0.4) is 0 Å². The van der Waals surface area contributed by atoms with Crippen molar-refractivity contribution < 1.29 is 33.4 Å². The Hall–Kier alpha value is -4.87. The lowest BCUT2D eigenvalue weighted by Crippen LogP contribution is -2.51. The standard InChI is InChI=1S/C32H48N6O4.C22H26ClFN2O.C4H10O/c1-24-8-9-28(20-29(24)38-15-10-25(2)33-32(38)41)42-23-31(40)37-18-16-36(17-19-37)21-26-11-13-35(14-12-26)22-30(39)34-27-6-4-3-5-7-27;1-13(26)16-8-10-20(27)22(24)21(16)17-11-15(7-9-19(17)23)18(12-25)14-5-3-2-4-6-14;1-4(2)5-3/h8-9,20,26-27H,2-7,10-19,21-23H2,1H3,(H,33,41)(H,34,39);2-11,13,16,18,20-22,27H,12,25-26H2,1H3;4H,1-3H3/t;13-,16?,18?,20?,21?,22?;/m.0./s1. The number of urea groups is 1. The molecule has 7 N–H and O–H groups in total. The smallest absolute Gasteiger partial charge is 0.326 e. The van der Waals surface area contributed by atoms with Crippen LogP contribution < -0.4 is 31.7 Å². The molecule has 16 heteroatoms. The zero-order valence-corrected chi connectivity index (χ0v) is 45.3. The molecule has 0 radical (unpaired) electrons. The average molecular weight is 1040 g/mol. The Morgan fingerprint density at radius 3 is 2.23 bits per heavy atom. The van der Waals surface area contributed by atoms with Crippen LogP contribution >= 0.6 is 11.6 Å². The maximum atomic E-state index is 15.0. The van der Waals surface area contributed by atoms with Crippen LogP contribution in [0.4, 0.5) is 14.9 Å². The first-order chi connectivity index (χ1) is 35.5. The highest BCUT2D eigenvalue weighted by molar-refractivity contribution is 6.31. The van der Waals surface area contributed by atoms with E-state index in [9.17, 15) is 19.5 Å². The number of nitrogens with one attached hydrogen (secondary N) is 2. The number of halogens is 2. The van der Waals surface area contributed by atoms with Gasteiger partial charge in [-0.2, -0.15) is 0 Å². The van der Waals surface area contributed by atoms with Gasteiger partial charge in [-0.1, -0.05) is 98.1 Å². The molecule has 5 aliphatic rings. The number of piperazine rings is 1. The van der Waals surface area contributed by atoms with E-state index in [0.717, 1.165) is 86.5 Å². The third kappa shape index (κ3) is 16.8. The molecule has 5 unspecified atom stereocenters. The van der Waals surface area contributed by atoms with E-state index < -0.39 is 18.2 Å². The highest BCUT2D eigenvalue weighted by Crippen LogP contribution is 2.42. The number of hydrogen-bond donors (Lipinski definition) is 5. The van der Waals surface area contributed by atoms with Crippen LogP contribution in [0.25, 0.3) is 0 Å². The van der Waals surface area contributed by atoms with Crippen molar-refractivity contribution >= 4 is 35.1 Å². The summed E-state index contributed by atoms with van der Waals surface area (Å²) in [4.78, 5) is 46.2. The summed E-state index contributed by atoms with van der Waals surface area (Å²) in [6.45, 7) is 19.3. The molecule has 0 spiro atoms. The molecule has 4 fully saturated rings. The van der Waals surface area contributed by atoms with E-state index in [1.165, 1.54) is 25.3 Å². The zero-order chi connectivity index (χ0) is 53.3. The molecule has 3 aliphatic heterocycles. The number of aliphatic hydroxyl groups excluding tert-OH is 1. The monoisotopic (exact) mass is 1040 g/mol. The number of aryl methyl sites for hydroxylation is 1. The maximum Gasteiger partial charge on any atom is 0.326 e. The van der Waals surface area contributed by atoms with Crippen molar-refractivity contribution in [2.45, 2.75) is 121 Å². The Morgan fingerprint density at radius 1 is 0.905 bits per heavy atom. The zero-order valence-electron chi connectivity index (χ0n) is 44.5. The van der Waals surface area contributed by atoms with Gasteiger partial charge in [0.05, 0.1) is 18.3 Å². The van der Waals surface area contributed by atoms with Gasteiger partial charge in [-0.15, -0.1) is 0 Å². The van der Waals surface area contributed by atoms with Gasteiger partial charge in [0.1, 0.15) is 18.0 Å². The number of methoxy groups -OCH3 is 1. The average Bonchev–Trinajstić information content (AvgIpc) is 3.39. The fourth-order valence-electron chi connectivity index (χ4n) is 10.6. The Morgan fingerprint density at radius 2 is 1.59 bits per heavy atom. The summed E-state index contributed by atoms with van der Waals surface area (Å²) < 4.78 is 25.6. The molecule has 2 aliphatic carbocycles. The summed E-state index contributed by atoms with van der Waals surface area (Å²) in [6.07, 6.45) is 10.0. The Balaban J connectivity index is 0.000000238. The summed E-state index contributed by atoms with van der Waals surface area (Å²) in [7, 11) is 1.70. The molecule has 3 saturated heterocycles. The predicted molar refractivity (Wildman–Crippen MR) is 294 cm³/mol. The molecule has 0 aromatic heterocycles. The summed E-state index contributed by atoms with van der Waals surface area (Å²) in [6, 6.07) is 21.1. The van der Waals surface area contributed by atoms with Gasteiger partial charge >= 0.3 is 6.03 Å². The van der Waals surface area contributed by atoms with Gasteiger partial charge < -0.3 is 41.6 Å². The largest absolute Gasteiger partial charge is 0.484 e. The number of carbonyl (C=O) groups is 3. The van der Waals surface area contributed by atoms with E-state index in [-0.39, 0.29) is 42.3 Å². The number of nitrogens with zero attached hydrogens (tertiary/aromatic N) is 4. The first-order valence-corrected chi connectivity index (χ1v) is 27.3. The number of benzene rings is 3. The summed E-state index contributed by atoms with van der Waals surface area (Å²) in [5.41, 5.74) is 17.4. The van der Waals surface area contributed by atoms with E-state index in [0.29, 0.717) is 73.5 Å².